The molecule has 2 aromatic heterocycles. The molecule has 4 rings (SSSR count). The molecule has 0 aliphatic rings. The van der Waals surface area contributed by atoms with Crippen LogP contribution in [0.15, 0.2) is 73.1 Å². The van der Waals surface area contributed by atoms with E-state index < -0.39 is 45.6 Å². The van der Waals surface area contributed by atoms with Crippen LogP contribution in [-0.4, -0.2) is 14.9 Å². The molecular formula is C25H15F8N3O2. The van der Waals surface area contributed by atoms with Crippen LogP contribution >= 0.6 is 0 Å². The van der Waals surface area contributed by atoms with E-state index >= 15 is 0 Å². The summed E-state index contributed by atoms with van der Waals surface area (Å²) < 4.78 is 103. The predicted octanol–water partition coefficient (Wildman–Crippen LogP) is 8.03. The number of hydrogen-bond donors (Lipinski definition) is 0. The first kappa shape index (κ1) is 28.2. The Kier molecular flexibility index (Phi) is 8.08. The summed E-state index contributed by atoms with van der Waals surface area (Å²) in [7, 11) is 0. The quantitative estimate of drug-likeness (QED) is 0.150. The van der Waals surface area contributed by atoms with Crippen molar-refractivity contribution in [3.05, 3.63) is 111 Å². The second-order valence-corrected chi connectivity index (χ2v) is 7.76. The lowest BCUT2D eigenvalue weighted by atomic mass is 10.1. The molecule has 0 N–H and O–H groups in total. The molecule has 0 amide bonds. The second kappa shape index (κ2) is 10.9. The van der Waals surface area contributed by atoms with E-state index in [4.69, 9.17) is 0 Å². The van der Waals surface area contributed by atoms with E-state index in [-0.39, 0.29) is 22.6 Å². The molecule has 0 saturated carbocycles. The number of rotatable bonds is 3. The molecule has 0 atom stereocenters. The Morgan fingerprint density at radius 2 is 1.13 bits per heavy atom. The largest absolute Gasteiger partial charge is 0.416 e. The number of aryl methyl sites for hydroxylation is 1. The number of alkyl halides is 6. The first-order valence-corrected chi connectivity index (χ1v) is 10.4. The third-order valence-corrected chi connectivity index (χ3v) is 5.01. The van der Waals surface area contributed by atoms with E-state index in [2.05, 4.69) is 9.97 Å². The second-order valence-electron chi connectivity index (χ2n) is 7.76. The molecule has 0 saturated heterocycles. The highest BCUT2D eigenvalue weighted by atomic mass is 19.4. The van der Waals surface area contributed by atoms with Gasteiger partial charge in [0.05, 0.1) is 27.4 Å². The normalized spacial score (nSPS) is 11.5. The van der Waals surface area contributed by atoms with E-state index in [1.54, 1.807) is 19.1 Å². The lowest BCUT2D eigenvalue weighted by Gasteiger charge is -2.09. The van der Waals surface area contributed by atoms with Gasteiger partial charge in [0.1, 0.15) is 11.6 Å². The lowest BCUT2D eigenvalue weighted by Crippen LogP contribution is -2.05. The van der Waals surface area contributed by atoms with Crippen molar-refractivity contribution in [3.8, 4) is 22.5 Å². The molecule has 13 heteroatoms. The van der Waals surface area contributed by atoms with Crippen LogP contribution in [0.3, 0.4) is 0 Å². The van der Waals surface area contributed by atoms with Crippen molar-refractivity contribution < 1.29 is 40.0 Å². The van der Waals surface area contributed by atoms with E-state index in [1.165, 1.54) is 6.20 Å². The van der Waals surface area contributed by atoms with Crippen molar-refractivity contribution in [2.45, 2.75) is 19.3 Å². The number of nitrogens with zero attached hydrogens (tertiary/aromatic N) is 3. The van der Waals surface area contributed by atoms with Crippen LogP contribution in [0.4, 0.5) is 40.8 Å². The minimum absolute atomic E-state index is 0.145. The summed E-state index contributed by atoms with van der Waals surface area (Å²) in [6.07, 6.45) is -6.66. The molecule has 0 bridgehead atoms. The van der Waals surface area contributed by atoms with Crippen LogP contribution in [0.1, 0.15) is 16.7 Å². The summed E-state index contributed by atoms with van der Waals surface area (Å²) in [5, 5.41) is 10.6. The van der Waals surface area contributed by atoms with Gasteiger partial charge in [-0.15, -0.1) is 0 Å². The van der Waals surface area contributed by atoms with Crippen molar-refractivity contribution in [2.24, 2.45) is 0 Å². The van der Waals surface area contributed by atoms with E-state index in [0.717, 1.165) is 36.0 Å². The van der Waals surface area contributed by atoms with E-state index in [1.807, 2.05) is 0 Å². The maximum absolute atomic E-state index is 13.6. The minimum atomic E-state index is -4.64. The number of aromatic nitrogens is 2. The van der Waals surface area contributed by atoms with Gasteiger partial charge in [-0.3, -0.25) is 20.1 Å². The molecule has 4 aromatic rings. The van der Waals surface area contributed by atoms with Crippen LogP contribution in [0, 0.1) is 28.7 Å². The van der Waals surface area contributed by atoms with Crippen LogP contribution in [0.5, 0.6) is 0 Å². The monoisotopic (exact) mass is 541 g/mol. The van der Waals surface area contributed by atoms with Crippen LogP contribution in [0.2, 0.25) is 0 Å². The first-order valence-electron chi connectivity index (χ1n) is 10.4. The van der Waals surface area contributed by atoms with Gasteiger partial charge in [0, 0.05) is 35.7 Å². The lowest BCUT2D eigenvalue weighted by molar-refractivity contribution is -0.384. The van der Waals surface area contributed by atoms with Gasteiger partial charge in [0.2, 0.25) is 0 Å². The van der Waals surface area contributed by atoms with Crippen molar-refractivity contribution >= 4 is 5.69 Å². The zero-order chi connectivity index (χ0) is 28.3. The fourth-order valence-electron chi connectivity index (χ4n) is 3.16. The molecule has 0 aliphatic carbocycles. The zero-order valence-electron chi connectivity index (χ0n) is 19.1. The van der Waals surface area contributed by atoms with Crippen molar-refractivity contribution in [2.75, 3.05) is 0 Å². The molecule has 198 valence electrons. The summed E-state index contributed by atoms with van der Waals surface area (Å²) in [4.78, 5) is 17.4. The summed E-state index contributed by atoms with van der Waals surface area (Å²) in [6.45, 7) is 1.76. The van der Waals surface area contributed by atoms with E-state index in [9.17, 15) is 45.2 Å². The van der Waals surface area contributed by atoms with Gasteiger partial charge in [0.25, 0.3) is 5.69 Å². The summed E-state index contributed by atoms with van der Waals surface area (Å²) >= 11 is 0. The summed E-state index contributed by atoms with van der Waals surface area (Å²) in [5.41, 5.74) is -2.15. The molecule has 0 spiro atoms. The maximum atomic E-state index is 13.6. The molecule has 0 aliphatic heterocycles. The Balaban J connectivity index is 0.000000212. The number of halogens is 8. The van der Waals surface area contributed by atoms with E-state index in [0.29, 0.717) is 24.3 Å². The minimum Gasteiger partial charge on any atom is -0.258 e. The van der Waals surface area contributed by atoms with Crippen LogP contribution in [0.25, 0.3) is 22.5 Å². The highest BCUT2D eigenvalue weighted by molar-refractivity contribution is 5.64. The molecule has 0 radical (unpaired) electrons. The Morgan fingerprint density at radius 1 is 0.684 bits per heavy atom. The van der Waals surface area contributed by atoms with Gasteiger partial charge >= 0.3 is 12.4 Å². The Morgan fingerprint density at radius 3 is 1.55 bits per heavy atom. The Bertz CT molecular complexity index is 1470. The van der Waals surface area contributed by atoms with Gasteiger partial charge in [-0.25, -0.2) is 8.78 Å². The highest BCUT2D eigenvalue weighted by Gasteiger charge is 2.32. The maximum Gasteiger partial charge on any atom is 0.416 e. The summed E-state index contributed by atoms with van der Waals surface area (Å²) in [6, 6.07) is 9.32. The third kappa shape index (κ3) is 6.87. The molecular weight excluding hydrogens is 526 g/mol. The molecule has 0 unspecified atom stereocenters. The molecule has 5 nitrogen and oxygen atoms in total. The zero-order valence-corrected chi connectivity index (χ0v) is 19.1. The van der Waals surface area contributed by atoms with Crippen LogP contribution in [-0.2, 0) is 12.4 Å². The average Bonchev–Trinajstić information content (AvgIpc) is 2.83. The van der Waals surface area contributed by atoms with Crippen molar-refractivity contribution in [1.29, 1.82) is 0 Å². The Hall–Kier alpha value is -4.42. The van der Waals surface area contributed by atoms with Crippen molar-refractivity contribution in [1.82, 2.24) is 9.97 Å². The van der Waals surface area contributed by atoms with Crippen molar-refractivity contribution in [3.63, 3.8) is 0 Å². The molecule has 38 heavy (non-hydrogen) atoms. The number of pyridine rings is 2. The van der Waals surface area contributed by atoms with Gasteiger partial charge in [0.15, 0.2) is 0 Å². The number of nitro groups is 1. The SMILES string of the molecule is Cc1ccnc(-c2cc(C(F)(F)F)ccc2F)c1.O=[N+]([O-])c1ccnc(-c2cc(C(F)(F)F)ccc2F)c1. The highest BCUT2D eigenvalue weighted by Crippen LogP contribution is 2.34. The number of benzene rings is 2. The fourth-order valence-corrected chi connectivity index (χ4v) is 3.16. The van der Waals surface area contributed by atoms with Gasteiger partial charge < -0.3 is 0 Å². The Labute approximate surface area is 209 Å². The molecule has 2 heterocycles. The average molecular weight is 541 g/mol. The van der Waals surface area contributed by atoms with Gasteiger partial charge in [-0.2, -0.15) is 26.3 Å². The molecule has 0 fully saturated rings. The third-order valence-electron chi connectivity index (χ3n) is 5.01. The molecule has 2 aromatic carbocycles. The van der Waals surface area contributed by atoms with Gasteiger partial charge in [-0.1, -0.05) is 0 Å². The van der Waals surface area contributed by atoms with Gasteiger partial charge in [-0.05, 0) is 61.0 Å². The number of hydrogen-bond acceptors (Lipinski definition) is 4. The summed E-state index contributed by atoms with van der Waals surface area (Å²) in [5.74, 6) is -1.66. The van der Waals surface area contributed by atoms with Crippen LogP contribution < -0.4 is 0 Å². The first-order chi connectivity index (χ1) is 17.7. The fraction of sp³-hybridized carbons (Fsp3) is 0.120. The topological polar surface area (TPSA) is 68.9 Å². The smallest absolute Gasteiger partial charge is 0.258 e. The predicted molar refractivity (Wildman–Crippen MR) is 121 cm³/mol. The standard InChI is InChI=1S/C13H9F4N.C12H6F4N2O2/c1-8-4-5-18-12(6-8)10-7-9(13(15,16)17)2-3-11(10)14;13-10-2-1-7(12(14,15)16)5-9(10)11-6-8(18(19)20)3-4-17-11/h2-7H,1H3;1-6H.